The van der Waals surface area contributed by atoms with Gasteiger partial charge in [0.2, 0.25) is 0 Å². The topological polar surface area (TPSA) is 92.5 Å². The maximum absolute atomic E-state index is 12.2. The summed E-state index contributed by atoms with van der Waals surface area (Å²) in [6.07, 6.45) is 31.7. The first-order valence-electron chi connectivity index (χ1n) is 24.3. The first kappa shape index (κ1) is 33.5. The Morgan fingerprint density at radius 3 is 1.00 bits per heavy atom. The highest BCUT2D eigenvalue weighted by molar-refractivity contribution is 5.67. The maximum Gasteiger partial charge on any atom is 0.142 e. The van der Waals surface area contributed by atoms with Crippen molar-refractivity contribution in [2.75, 3.05) is 11.5 Å². The summed E-state index contributed by atoms with van der Waals surface area (Å²) < 4.78 is 0. The number of aromatic hydroxyl groups is 2. The van der Waals surface area contributed by atoms with E-state index in [4.69, 9.17) is 11.5 Å². The van der Waals surface area contributed by atoms with Gasteiger partial charge in [-0.05, 0) is 264 Å². The van der Waals surface area contributed by atoms with E-state index in [1.165, 1.54) is 170 Å². The fourth-order valence-corrected chi connectivity index (χ4v) is 22.0. The monoisotopic (exact) mass is 753 g/mol. The largest absolute Gasteiger partial charge is 0.505 e. The van der Waals surface area contributed by atoms with E-state index in [9.17, 15) is 10.2 Å². The van der Waals surface area contributed by atoms with Crippen LogP contribution < -0.4 is 11.5 Å². The van der Waals surface area contributed by atoms with Crippen molar-refractivity contribution in [2.45, 2.75) is 164 Å². The van der Waals surface area contributed by atoms with Crippen LogP contribution in [0.4, 0.5) is 11.4 Å². The molecule has 0 saturated heterocycles. The second-order valence-corrected chi connectivity index (χ2v) is 25.0. The van der Waals surface area contributed by atoms with Crippen molar-refractivity contribution in [1.29, 1.82) is 0 Å². The highest BCUT2D eigenvalue weighted by Gasteiger charge is 2.70. The molecule has 16 aliphatic rings. The summed E-state index contributed by atoms with van der Waals surface area (Å²) in [4.78, 5) is 0. The van der Waals surface area contributed by atoms with Crippen molar-refractivity contribution in [2.24, 2.45) is 81.8 Å². The summed E-state index contributed by atoms with van der Waals surface area (Å²) in [7, 11) is 0. The molecule has 0 radical (unpaired) electrons. The Hall–Kier alpha value is -2.36. The third-order valence-corrected chi connectivity index (χ3v) is 22.1. The fraction of sp³-hybridized carbons (Fsp3) is 0.769. The molecule has 56 heavy (non-hydrogen) atoms. The summed E-state index contributed by atoms with van der Waals surface area (Å²) in [5.74, 6) is 10.5. The molecule has 16 aliphatic carbocycles. The van der Waals surface area contributed by atoms with E-state index in [1.807, 2.05) is 0 Å². The third kappa shape index (κ3) is 4.15. The van der Waals surface area contributed by atoms with Crippen LogP contribution in [0.25, 0.3) is 0 Å². The van der Waals surface area contributed by atoms with Crippen LogP contribution in [0.2, 0.25) is 0 Å². The quantitative estimate of drug-likeness (QED) is 0.181. The van der Waals surface area contributed by atoms with E-state index < -0.39 is 0 Å². The van der Waals surface area contributed by atoms with Crippen LogP contribution >= 0.6 is 0 Å². The van der Waals surface area contributed by atoms with E-state index in [2.05, 4.69) is 24.3 Å². The number of anilines is 2. The Kier molecular flexibility index (Phi) is 6.38. The molecular weight excluding hydrogens is 685 g/mol. The van der Waals surface area contributed by atoms with Crippen molar-refractivity contribution in [3.63, 3.8) is 0 Å². The molecule has 2 unspecified atom stereocenters. The maximum atomic E-state index is 12.2. The summed E-state index contributed by atoms with van der Waals surface area (Å²) >= 11 is 0. The number of phenolic OH excluding ortho intramolecular Hbond substituents is 2. The van der Waals surface area contributed by atoms with Crippen molar-refractivity contribution in [3.8, 4) is 11.5 Å². The van der Waals surface area contributed by atoms with Crippen molar-refractivity contribution in [1.82, 2.24) is 0 Å². The summed E-state index contributed by atoms with van der Waals surface area (Å²) in [5, 5.41) is 24.3. The Bertz CT molecular complexity index is 1820. The SMILES string of the molecule is Nc1cc(C2(c3cc(N)c(O)c(C45CC6CC(CC(C6)C4)C5)c3)C3CC4CC2CC(C25CC6CC(CC(C6)C2)C5)(C4)C3)cc(C23CC4CC(CC(C4)C2)C3)c1O. The minimum Gasteiger partial charge on any atom is -0.505 e. The zero-order valence-electron chi connectivity index (χ0n) is 34.1. The summed E-state index contributed by atoms with van der Waals surface area (Å²) in [6, 6.07) is 9.75. The lowest BCUT2D eigenvalue weighted by atomic mass is 9.31. The van der Waals surface area contributed by atoms with Crippen molar-refractivity contribution < 1.29 is 10.2 Å². The van der Waals surface area contributed by atoms with Gasteiger partial charge in [0.05, 0.1) is 11.4 Å². The molecule has 16 bridgehead atoms. The number of hydrogen-bond donors (Lipinski definition) is 4. The fourth-order valence-electron chi connectivity index (χ4n) is 22.0. The molecule has 0 aromatic heterocycles. The molecule has 298 valence electrons. The number of hydrogen-bond acceptors (Lipinski definition) is 4. The average molecular weight is 753 g/mol. The van der Waals surface area contributed by atoms with Crippen LogP contribution in [-0.2, 0) is 16.2 Å². The average Bonchev–Trinajstić information content (AvgIpc) is 3.12. The van der Waals surface area contributed by atoms with E-state index in [1.54, 1.807) is 0 Å². The van der Waals surface area contributed by atoms with Crippen LogP contribution in [-0.4, -0.2) is 10.2 Å². The molecule has 16 saturated carbocycles. The molecule has 2 aromatic carbocycles. The molecule has 18 rings (SSSR count). The molecule has 16 fully saturated rings. The van der Waals surface area contributed by atoms with E-state index in [-0.39, 0.29) is 16.2 Å². The lowest BCUT2D eigenvalue weighted by molar-refractivity contribution is -0.215. The van der Waals surface area contributed by atoms with Crippen molar-refractivity contribution in [3.05, 3.63) is 46.5 Å². The van der Waals surface area contributed by atoms with E-state index in [0.29, 0.717) is 45.5 Å². The van der Waals surface area contributed by atoms with Crippen molar-refractivity contribution >= 4 is 11.4 Å². The molecule has 0 spiro atoms. The number of nitrogen functional groups attached to an aromatic ring is 2. The smallest absolute Gasteiger partial charge is 0.142 e. The number of phenols is 2. The highest BCUT2D eigenvalue weighted by atomic mass is 16.3. The minimum absolute atomic E-state index is 0.0643. The standard InChI is InChI=1S/C52H68N2O2/c53-44-14-38(12-42(46(44)55)48-16-28-1-29(17-48)3-30(2-28)18-48)52(39-13-43(47(56)45(54)15-39)49-19-31-4-32(20-49)6-33(5-31)21-49)40-10-37-11-41(52)27-51(25-37,26-40)50-22-34-7-35(23-50)9-36(8-34)24-50/h12-15,28-37,40-41,55-56H,1-11,16-27,53-54H2. The summed E-state index contributed by atoms with van der Waals surface area (Å²) in [6.45, 7) is 0. The number of rotatable bonds is 5. The third-order valence-electron chi connectivity index (χ3n) is 22.1. The normalized spacial score (nSPS) is 53.4. The molecular formula is C52H68N2O2. The molecule has 4 heteroatoms. The molecule has 0 aliphatic heterocycles. The molecule has 4 nitrogen and oxygen atoms in total. The van der Waals surface area contributed by atoms with Gasteiger partial charge in [0.25, 0.3) is 0 Å². The molecule has 2 aromatic rings. The molecule has 6 N–H and O–H groups in total. The van der Waals surface area contributed by atoms with Crippen LogP contribution in [0.1, 0.15) is 170 Å². The Labute approximate surface area is 335 Å². The van der Waals surface area contributed by atoms with Gasteiger partial charge >= 0.3 is 0 Å². The molecule has 0 heterocycles. The van der Waals surface area contributed by atoms with Gasteiger partial charge in [-0.25, -0.2) is 0 Å². The predicted octanol–water partition coefficient (Wildman–Crippen LogP) is 11.5. The summed E-state index contributed by atoms with van der Waals surface area (Å²) in [5.41, 5.74) is 21.8. The van der Waals surface area contributed by atoms with Gasteiger partial charge in [-0.1, -0.05) is 12.1 Å². The van der Waals surface area contributed by atoms with Gasteiger partial charge < -0.3 is 21.7 Å². The molecule has 2 atom stereocenters. The van der Waals surface area contributed by atoms with Gasteiger partial charge in [-0.3, -0.25) is 0 Å². The van der Waals surface area contributed by atoms with Gasteiger partial charge in [-0.15, -0.1) is 0 Å². The van der Waals surface area contributed by atoms with Gasteiger partial charge in [-0.2, -0.15) is 0 Å². The van der Waals surface area contributed by atoms with Gasteiger partial charge in [0.1, 0.15) is 11.5 Å². The zero-order chi connectivity index (χ0) is 37.1. The number of benzene rings is 2. The van der Waals surface area contributed by atoms with E-state index >= 15 is 0 Å². The Morgan fingerprint density at radius 2 is 0.661 bits per heavy atom. The van der Waals surface area contributed by atoms with Crippen LogP contribution in [0.15, 0.2) is 24.3 Å². The zero-order valence-corrected chi connectivity index (χ0v) is 34.1. The first-order valence-corrected chi connectivity index (χ1v) is 24.3. The highest BCUT2D eigenvalue weighted by Crippen LogP contribution is 2.79. The van der Waals surface area contributed by atoms with Crippen LogP contribution in [0, 0.1) is 81.8 Å². The van der Waals surface area contributed by atoms with Crippen LogP contribution in [0.5, 0.6) is 11.5 Å². The van der Waals surface area contributed by atoms with Gasteiger partial charge in [0.15, 0.2) is 0 Å². The van der Waals surface area contributed by atoms with Gasteiger partial charge in [0, 0.05) is 16.5 Å². The minimum atomic E-state index is -0.194. The van der Waals surface area contributed by atoms with E-state index in [0.717, 1.165) is 59.2 Å². The lowest BCUT2D eigenvalue weighted by Gasteiger charge is -2.74. The molecule has 0 amide bonds. The predicted molar refractivity (Wildman–Crippen MR) is 222 cm³/mol. The second-order valence-electron chi connectivity index (χ2n) is 25.0. The Balaban J connectivity index is 0.968. The Morgan fingerprint density at radius 1 is 0.375 bits per heavy atom. The lowest BCUT2D eigenvalue weighted by Crippen LogP contribution is -2.66. The first-order chi connectivity index (χ1) is 27.0. The number of nitrogens with two attached hydrogens (primary N) is 2. The second kappa shape index (κ2) is 10.7. The van der Waals surface area contributed by atoms with Crippen LogP contribution in [0.3, 0.4) is 0 Å².